The van der Waals surface area contributed by atoms with E-state index in [0.29, 0.717) is 10.6 Å². The van der Waals surface area contributed by atoms with E-state index >= 15 is 0 Å². The molecule has 1 N–H and O–H groups in total. The van der Waals surface area contributed by atoms with Crippen molar-refractivity contribution in [2.24, 2.45) is 0 Å². The van der Waals surface area contributed by atoms with Crippen molar-refractivity contribution in [3.05, 3.63) is 40.4 Å². The molecule has 2 rings (SSSR count). The number of hydrogen-bond acceptors (Lipinski definition) is 4. The molecule has 0 atom stereocenters. The van der Waals surface area contributed by atoms with Gasteiger partial charge in [0.25, 0.3) is 5.88 Å². The van der Waals surface area contributed by atoms with E-state index in [2.05, 4.69) is 14.7 Å². The molecule has 0 bridgehead atoms. The molecule has 2 aromatic rings. The lowest BCUT2D eigenvalue weighted by atomic mass is 10.1. The fourth-order valence-corrected chi connectivity index (χ4v) is 1.65. The molecule has 0 fully saturated rings. The number of benzene rings is 1. The topological polar surface area (TPSA) is 72.3 Å². The molecule has 0 radical (unpaired) electrons. The van der Waals surface area contributed by atoms with Gasteiger partial charge in [0.05, 0.1) is 10.0 Å². The summed E-state index contributed by atoms with van der Waals surface area (Å²) < 4.78 is 18.2. The first kappa shape index (κ1) is 13.5. The van der Waals surface area contributed by atoms with Gasteiger partial charge in [-0.1, -0.05) is 29.3 Å². The van der Waals surface area contributed by atoms with Gasteiger partial charge < -0.3 is 9.84 Å². The maximum atomic E-state index is 14.0. The third kappa shape index (κ3) is 2.91. The van der Waals surface area contributed by atoms with E-state index in [-0.39, 0.29) is 10.7 Å². The van der Waals surface area contributed by atoms with Crippen molar-refractivity contribution >= 4 is 29.4 Å². The fourth-order valence-electron chi connectivity index (χ4n) is 1.35. The zero-order valence-electron chi connectivity index (χ0n) is 9.10. The van der Waals surface area contributed by atoms with Crippen molar-refractivity contribution in [1.82, 2.24) is 9.97 Å². The highest BCUT2D eigenvalue weighted by molar-refractivity contribution is 6.42. The average molecular weight is 303 g/mol. The van der Waals surface area contributed by atoms with E-state index in [9.17, 15) is 9.18 Å². The summed E-state index contributed by atoms with van der Waals surface area (Å²) in [6.45, 7) is 0. The van der Waals surface area contributed by atoms with Gasteiger partial charge in [-0.2, -0.15) is 9.37 Å². The lowest BCUT2D eigenvalue weighted by molar-refractivity contribution is 0.140. The molecular formula is C11H5Cl2FN2O3. The van der Waals surface area contributed by atoms with Gasteiger partial charge in [-0.05, 0) is 12.1 Å². The molecule has 0 spiro atoms. The number of carbonyl (C=O) groups is 1. The number of carboxylic acid groups (broad SMARTS) is 1. The van der Waals surface area contributed by atoms with Crippen molar-refractivity contribution in [3.8, 4) is 17.1 Å². The Hall–Kier alpha value is -1.92. The van der Waals surface area contributed by atoms with Gasteiger partial charge in [0.2, 0.25) is 5.82 Å². The first-order chi connectivity index (χ1) is 8.99. The standard InChI is InChI=1S/C11H5Cl2FN2O3/c12-6-2-1-5(3-7(6)13)9-8(14)10(16-4-15-9)19-11(17)18/h1-4H,(H,17,18). The van der Waals surface area contributed by atoms with E-state index in [4.69, 9.17) is 28.3 Å². The van der Waals surface area contributed by atoms with Gasteiger partial charge in [0.15, 0.2) is 0 Å². The van der Waals surface area contributed by atoms with Crippen LogP contribution in [0.25, 0.3) is 11.3 Å². The molecule has 1 aromatic carbocycles. The van der Waals surface area contributed by atoms with Crippen molar-refractivity contribution in [2.45, 2.75) is 0 Å². The zero-order valence-corrected chi connectivity index (χ0v) is 10.6. The number of halogens is 3. The van der Waals surface area contributed by atoms with Crippen LogP contribution in [-0.4, -0.2) is 21.2 Å². The molecule has 0 amide bonds. The van der Waals surface area contributed by atoms with Gasteiger partial charge >= 0.3 is 6.16 Å². The third-order valence-electron chi connectivity index (χ3n) is 2.13. The Morgan fingerprint density at radius 2 is 2.00 bits per heavy atom. The molecule has 5 nitrogen and oxygen atoms in total. The van der Waals surface area contributed by atoms with E-state index in [1.54, 1.807) is 0 Å². The Labute approximate surface area is 116 Å². The highest BCUT2D eigenvalue weighted by Crippen LogP contribution is 2.30. The SMILES string of the molecule is O=C(O)Oc1ncnc(-c2ccc(Cl)c(Cl)c2)c1F. The van der Waals surface area contributed by atoms with Crippen LogP contribution in [0.2, 0.25) is 10.0 Å². The Kier molecular flexibility index (Phi) is 3.82. The van der Waals surface area contributed by atoms with Crippen LogP contribution >= 0.6 is 23.2 Å². The summed E-state index contributed by atoms with van der Waals surface area (Å²) in [6.07, 6.45) is -0.683. The van der Waals surface area contributed by atoms with Crippen LogP contribution in [0.4, 0.5) is 9.18 Å². The Balaban J connectivity index is 2.50. The molecule has 1 heterocycles. The molecule has 0 aliphatic heterocycles. The summed E-state index contributed by atoms with van der Waals surface area (Å²) in [5, 5.41) is 8.97. The van der Waals surface area contributed by atoms with Gasteiger partial charge in [0, 0.05) is 5.56 Å². The number of nitrogens with zero attached hydrogens (tertiary/aromatic N) is 2. The zero-order chi connectivity index (χ0) is 14.0. The Morgan fingerprint density at radius 1 is 1.26 bits per heavy atom. The van der Waals surface area contributed by atoms with Crippen molar-refractivity contribution in [1.29, 1.82) is 0 Å². The molecule has 0 saturated carbocycles. The van der Waals surface area contributed by atoms with Crippen LogP contribution in [-0.2, 0) is 0 Å². The second-order valence-electron chi connectivity index (χ2n) is 3.34. The Bertz CT molecular complexity index is 652. The molecule has 8 heteroatoms. The van der Waals surface area contributed by atoms with Crippen molar-refractivity contribution < 1.29 is 19.0 Å². The van der Waals surface area contributed by atoms with Gasteiger partial charge in [-0.25, -0.2) is 9.78 Å². The van der Waals surface area contributed by atoms with E-state index < -0.39 is 17.9 Å². The van der Waals surface area contributed by atoms with Gasteiger partial charge in [-0.15, -0.1) is 0 Å². The van der Waals surface area contributed by atoms with Crippen LogP contribution in [0.5, 0.6) is 5.88 Å². The van der Waals surface area contributed by atoms with Crippen molar-refractivity contribution in [3.63, 3.8) is 0 Å². The maximum absolute atomic E-state index is 14.0. The molecule has 1 aromatic heterocycles. The average Bonchev–Trinajstić information content (AvgIpc) is 2.35. The van der Waals surface area contributed by atoms with E-state index in [0.717, 1.165) is 6.33 Å². The van der Waals surface area contributed by atoms with Crippen LogP contribution in [0.3, 0.4) is 0 Å². The summed E-state index contributed by atoms with van der Waals surface area (Å²) in [6, 6.07) is 4.36. The molecule has 0 saturated heterocycles. The summed E-state index contributed by atoms with van der Waals surface area (Å²) in [4.78, 5) is 17.5. The number of hydrogen-bond donors (Lipinski definition) is 1. The van der Waals surface area contributed by atoms with E-state index in [1.165, 1.54) is 18.2 Å². The normalized spacial score (nSPS) is 10.3. The number of aromatic nitrogens is 2. The van der Waals surface area contributed by atoms with E-state index in [1.807, 2.05) is 0 Å². The minimum absolute atomic E-state index is 0.134. The van der Waals surface area contributed by atoms with Crippen LogP contribution < -0.4 is 4.74 Å². The van der Waals surface area contributed by atoms with Crippen LogP contribution in [0, 0.1) is 5.82 Å². The fraction of sp³-hybridized carbons (Fsp3) is 0. The Morgan fingerprint density at radius 3 is 2.63 bits per heavy atom. The quantitative estimate of drug-likeness (QED) is 0.857. The predicted molar refractivity (Wildman–Crippen MR) is 66.1 cm³/mol. The van der Waals surface area contributed by atoms with Crippen LogP contribution in [0.15, 0.2) is 24.5 Å². The summed E-state index contributed by atoms with van der Waals surface area (Å²) in [5.74, 6) is -1.67. The highest BCUT2D eigenvalue weighted by atomic mass is 35.5. The maximum Gasteiger partial charge on any atom is 0.512 e. The molecule has 0 aliphatic carbocycles. The summed E-state index contributed by atoms with van der Waals surface area (Å²) in [5.41, 5.74) is 0.189. The predicted octanol–water partition coefficient (Wildman–Crippen LogP) is 3.65. The third-order valence-corrected chi connectivity index (χ3v) is 2.87. The molecular weight excluding hydrogens is 298 g/mol. The van der Waals surface area contributed by atoms with Crippen molar-refractivity contribution in [2.75, 3.05) is 0 Å². The minimum atomic E-state index is -1.67. The highest BCUT2D eigenvalue weighted by Gasteiger charge is 2.17. The number of ether oxygens (including phenoxy) is 1. The summed E-state index contributed by atoms with van der Waals surface area (Å²) in [7, 11) is 0. The monoisotopic (exact) mass is 302 g/mol. The van der Waals surface area contributed by atoms with Gasteiger partial charge in [-0.3, -0.25) is 0 Å². The molecule has 0 aliphatic rings. The van der Waals surface area contributed by atoms with Gasteiger partial charge in [0.1, 0.15) is 12.0 Å². The lowest BCUT2D eigenvalue weighted by Gasteiger charge is -2.06. The lowest BCUT2D eigenvalue weighted by Crippen LogP contribution is -2.07. The van der Waals surface area contributed by atoms with Crippen LogP contribution in [0.1, 0.15) is 0 Å². The molecule has 19 heavy (non-hydrogen) atoms. The second-order valence-corrected chi connectivity index (χ2v) is 4.15. The largest absolute Gasteiger partial charge is 0.512 e. The molecule has 0 unspecified atom stereocenters. The minimum Gasteiger partial charge on any atom is -0.449 e. The smallest absolute Gasteiger partial charge is 0.449 e. The first-order valence-electron chi connectivity index (χ1n) is 4.85. The summed E-state index contributed by atoms with van der Waals surface area (Å²) >= 11 is 11.6. The first-order valence-corrected chi connectivity index (χ1v) is 5.61. The number of rotatable bonds is 2. The molecule has 98 valence electrons. The second kappa shape index (κ2) is 5.38.